The fraction of sp³-hybridized carbons (Fsp3) is 0.222. The molecule has 126 valence electrons. The first kappa shape index (κ1) is 16.5. The maximum absolute atomic E-state index is 12.3. The molecule has 3 aromatic rings. The van der Waals surface area contributed by atoms with Crippen LogP contribution in [0.4, 0.5) is 5.69 Å². The molecule has 0 spiro atoms. The number of aryl methyl sites for hydroxylation is 1. The minimum atomic E-state index is -0.354. The molecule has 0 amide bonds. The fourth-order valence-corrected chi connectivity index (χ4v) is 2.82. The molecule has 1 N–H and O–H groups in total. The SMILES string of the molecule is [C-]#[N+]c1c(-c2ccccc2)n(CCC(=O)OCC)c2c(=O)[nH]cnc12. The van der Waals surface area contributed by atoms with Crippen LogP contribution < -0.4 is 5.56 Å². The van der Waals surface area contributed by atoms with E-state index in [2.05, 4.69) is 14.8 Å². The minimum Gasteiger partial charge on any atom is -0.466 e. The second-order valence-electron chi connectivity index (χ2n) is 5.31. The topological polar surface area (TPSA) is 81.3 Å². The van der Waals surface area contributed by atoms with E-state index in [1.807, 2.05) is 30.3 Å². The predicted octanol–water partition coefficient (Wildman–Crippen LogP) is 2.90. The Balaban J connectivity index is 2.23. The van der Waals surface area contributed by atoms with Crippen molar-refractivity contribution >= 4 is 22.7 Å². The molecule has 0 radical (unpaired) electrons. The highest BCUT2D eigenvalue weighted by Gasteiger charge is 2.22. The molecule has 3 rings (SSSR count). The minimum absolute atomic E-state index is 0.100. The van der Waals surface area contributed by atoms with Crippen molar-refractivity contribution in [2.24, 2.45) is 0 Å². The first-order valence-electron chi connectivity index (χ1n) is 7.85. The maximum atomic E-state index is 12.3. The summed E-state index contributed by atoms with van der Waals surface area (Å²) in [6.45, 7) is 9.81. The molecule has 25 heavy (non-hydrogen) atoms. The molecule has 2 heterocycles. The highest BCUT2D eigenvalue weighted by atomic mass is 16.5. The predicted molar refractivity (Wildman–Crippen MR) is 93.3 cm³/mol. The Morgan fingerprint density at radius 1 is 1.36 bits per heavy atom. The number of carbonyl (C=O) groups is 1. The van der Waals surface area contributed by atoms with Gasteiger partial charge in [-0.25, -0.2) is 9.83 Å². The van der Waals surface area contributed by atoms with E-state index in [1.165, 1.54) is 6.33 Å². The Labute approximate surface area is 143 Å². The number of benzene rings is 1. The van der Waals surface area contributed by atoms with Crippen LogP contribution in [0.15, 0.2) is 41.5 Å². The monoisotopic (exact) mass is 336 g/mol. The molecule has 0 aliphatic heterocycles. The summed E-state index contributed by atoms with van der Waals surface area (Å²) >= 11 is 0. The van der Waals surface area contributed by atoms with Gasteiger partial charge in [-0.2, -0.15) is 0 Å². The van der Waals surface area contributed by atoms with Crippen molar-refractivity contribution in [3.8, 4) is 11.3 Å². The Morgan fingerprint density at radius 2 is 2.12 bits per heavy atom. The molecule has 2 aromatic heterocycles. The van der Waals surface area contributed by atoms with E-state index in [0.29, 0.717) is 23.5 Å². The standard InChI is InChI=1S/C18H16N4O3/c1-3-25-13(23)9-10-22-16(12-7-5-4-6-8-12)14(19-2)15-17(22)18(24)21-11-20-15/h4-8,11H,3,9-10H2,1H3,(H,20,21,24). The summed E-state index contributed by atoms with van der Waals surface area (Å²) in [5.74, 6) is -0.354. The average molecular weight is 336 g/mol. The summed E-state index contributed by atoms with van der Waals surface area (Å²) in [5.41, 5.74) is 1.95. The molecule has 0 saturated heterocycles. The van der Waals surface area contributed by atoms with E-state index < -0.39 is 0 Å². The van der Waals surface area contributed by atoms with E-state index in [4.69, 9.17) is 11.3 Å². The number of aromatic amines is 1. The van der Waals surface area contributed by atoms with Gasteiger partial charge in [-0.15, -0.1) is 0 Å². The molecule has 1 aromatic carbocycles. The second-order valence-corrected chi connectivity index (χ2v) is 5.31. The summed E-state index contributed by atoms with van der Waals surface area (Å²) < 4.78 is 6.65. The van der Waals surface area contributed by atoms with Crippen LogP contribution in [-0.2, 0) is 16.1 Å². The molecule has 7 heteroatoms. The summed E-state index contributed by atoms with van der Waals surface area (Å²) in [4.78, 5) is 34.4. The molecule has 0 unspecified atom stereocenters. The normalized spacial score (nSPS) is 10.6. The maximum Gasteiger partial charge on any atom is 0.307 e. The highest BCUT2D eigenvalue weighted by Crippen LogP contribution is 2.38. The highest BCUT2D eigenvalue weighted by molar-refractivity contribution is 5.99. The van der Waals surface area contributed by atoms with Gasteiger partial charge in [0.05, 0.1) is 31.6 Å². The number of esters is 1. The van der Waals surface area contributed by atoms with Gasteiger partial charge in [-0.1, -0.05) is 30.3 Å². The van der Waals surface area contributed by atoms with Crippen LogP contribution in [0.5, 0.6) is 0 Å². The lowest BCUT2D eigenvalue weighted by atomic mass is 10.1. The van der Waals surface area contributed by atoms with Crippen LogP contribution in [0.2, 0.25) is 0 Å². The van der Waals surface area contributed by atoms with Gasteiger partial charge in [-0.05, 0) is 12.5 Å². The van der Waals surface area contributed by atoms with Gasteiger partial charge in [0.15, 0.2) is 0 Å². The molecule has 7 nitrogen and oxygen atoms in total. The van der Waals surface area contributed by atoms with Crippen LogP contribution in [0.3, 0.4) is 0 Å². The van der Waals surface area contributed by atoms with Crippen molar-refractivity contribution in [1.29, 1.82) is 0 Å². The van der Waals surface area contributed by atoms with Gasteiger partial charge in [0, 0.05) is 6.54 Å². The van der Waals surface area contributed by atoms with Crippen molar-refractivity contribution in [2.45, 2.75) is 19.9 Å². The molecular formula is C18H16N4O3. The number of carbonyl (C=O) groups excluding carboxylic acids is 1. The van der Waals surface area contributed by atoms with E-state index in [1.54, 1.807) is 11.5 Å². The number of hydrogen-bond donors (Lipinski definition) is 1. The Kier molecular flexibility index (Phi) is 4.61. The Morgan fingerprint density at radius 3 is 2.80 bits per heavy atom. The number of fused-ring (bicyclic) bond motifs is 1. The zero-order valence-corrected chi connectivity index (χ0v) is 13.7. The average Bonchev–Trinajstić information content (AvgIpc) is 2.95. The van der Waals surface area contributed by atoms with E-state index >= 15 is 0 Å². The van der Waals surface area contributed by atoms with Gasteiger partial charge in [0.1, 0.15) is 11.0 Å². The number of aromatic nitrogens is 3. The quantitative estimate of drug-likeness (QED) is 0.574. The zero-order valence-electron chi connectivity index (χ0n) is 13.7. The van der Waals surface area contributed by atoms with Crippen molar-refractivity contribution in [2.75, 3.05) is 6.61 Å². The summed E-state index contributed by atoms with van der Waals surface area (Å²) in [7, 11) is 0. The van der Waals surface area contributed by atoms with Crippen LogP contribution in [-0.4, -0.2) is 27.1 Å². The van der Waals surface area contributed by atoms with Gasteiger partial charge in [-0.3, -0.25) is 9.59 Å². The first-order valence-corrected chi connectivity index (χ1v) is 7.85. The molecule has 0 atom stereocenters. The van der Waals surface area contributed by atoms with E-state index in [-0.39, 0.29) is 30.0 Å². The number of nitrogens with one attached hydrogen (secondary N) is 1. The summed E-state index contributed by atoms with van der Waals surface area (Å²) in [5, 5.41) is 0. The second kappa shape index (κ2) is 7.01. The third-order valence-electron chi connectivity index (χ3n) is 3.82. The molecule has 0 aliphatic rings. The number of hydrogen-bond acceptors (Lipinski definition) is 4. The van der Waals surface area contributed by atoms with E-state index in [0.717, 1.165) is 5.56 Å². The number of rotatable bonds is 5. The van der Waals surface area contributed by atoms with Gasteiger partial charge in [0.2, 0.25) is 5.69 Å². The molecule has 0 saturated carbocycles. The fourth-order valence-electron chi connectivity index (χ4n) is 2.82. The summed E-state index contributed by atoms with van der Waals surface area (Å²) in [6, 6.07) is 9.30. The Hall–Kier alpha value is -3.40. The van der Waals surface area contributed by atoms with E-state index in [9.17, 15) is 9.59 Å². The van der Waals surface area contributed by atoms with Crippen molar-refractivity contribution in [3.63, 3.8) is 0 Å². The number of nitrogens with zero attached hydrogens (tertiary/aromatic N) is 3. The summed E-state index contributed by atoms with van der Waals surface area (Å²) in [6.07, 6.45) is 1.38. The van der Waals surface area contributed by atoms with Gasteiger partial charge < -0.3 is 14.3 Å². The number of ether oxygens (including phenoxy) is 1. The largest absolute Gasteiger partial charge is 0.466 e. The molecule has 0 aliphatic carbocycles. The zero-order chi connectivity index (χ0) is 17.8. The van der Waals surface area contributed by atoms with Crippen LogP contribution in [0.25, 0.3) is 27.1 Å². The third kappa shape index (κ3) is 3.02. The van der Waals surface area contributed by atoms with Crippen molar-refractivity contribution in [1.82, 2.24) is 14.5 Å². The molecular weight excluding hydrogens is 320 g/mol. The lowest BCUT2D eigenvalue weighted by Crippen LogP contribution is -2.15. The van der Waals surface area contributed by atoms with Crippen molar-refractivity contribution < 1.29 is 9.53 Å². The van der Waals surface area contributed by atoms with Gasteiger partial charge >= 0.3 is 5.97 Å². The number of H-pyrrole nitrogens is 1. The Bertz CT molecular complexity index is 1010. The first-order chi connectivity index (χ1) is 12.2. The molecule has 0 bridgehead atoms. The van der Waals surface area contributed by atoms with Crippen LogP contribution in [0, 0.1) is 6.57 Å². The van der Waals surface area contributed by atoms with Crippen molar-refractivity contribution in [3.05, 3.63) is 58.4 Å². The smallest absolute Gasteiger partial charge is 0.307 e. The third-order valence-corrected chi connectivity index (χ3v) is 3.82. The lowest BCUT2D eigenvalue weighted by Gasteiger charge is -2.11. The molecule has 0 fully saturated rings. The van der Waals surface area contributed by atoms with Crippen LogP contribution >= 0.6 is 0 Å². The van der Waals surface area contributed by atoms with Gasteiger partial charge in [0.25, 0.3) is 5.56 Å². The lowest BCUT2D eigenvalue weighted by molar-refractivity contribution is -0.143. The van der Waals surface area contributed by atoms with Crippen LogP contribution in [0.1, 0.15) is 13.3 Å².